The highest BCUT2D eigenvalue weighted by Crippen LogP contribution is 2.13. The first-order valence-corrected chi connectivity index (χ1v) is 6.08. The molecular formula is C13H22N4O. The fourth-order valence-corrected chi connectivity index (χ4v) is 1.57. The van der Waals surface area contributed by atoms with E-state index >= 15 is 0 Å². The van der Waals surface area contributed by atoms with Gasteiger partial charge in [0, 0.05) is 32.4 Å². The van der Waals surface area contributed by atoms with Gasteiger partial charge < -0.3 is 16.0 Å². The minimum atomic E-state index is -0.468. The van der Waals surface area contributed by atoms with Gasteiger partial charge in [0.05, 0.1) is 6.04 Å². The van der Waals surface area contributed by atoms with Crippen LogP contribution in [-0.2, 0) is 11.3 Å². The van der Waals surface area contributed by atoms with E-state index in [0.29, 0.717) is 6.54 Å². The molecule has 100 valence electrons. The molecule has 0 aliphatic rings. The van der Waals surface area contributed by atoms with Crippen molar-refractivity contribution in [3.8, 4) is 0 Å². The standard InChI is InChI=1S/C13H22N4O/c1-9(2)11(14)13(18)16-8-10-6-5-7-15-12(10)17(3)4/h5-7,9,11H,8,14H2,1-4H3,(H,16,18)/t11-/m0/s1. The van der Waals surface area contributed by atoms with Crippen LogP contribution in [0.2, 0.25) is 0 Å². The van der Waals surface area contributed by atoms with Crippen LogP contribution in [0.5, 0.6) is 0 Å². The normalized spacial score (nSPS) is 12.3. The molecule has 0 fully saturated rings. The van der Waals surface area contributed by atoms with Crippen LogP contribution in [0.25, 0.3) is 0 Å². The summed E-state index contributed by atoms with van der Waals surface area (Å²) in [6, 6.07) is 3.34. The van der Waals surface area contributed by atoms with Crippen LogP contribution in [0.4, 0.5) is 5.82 Å². The summed E-state index contributed by atoms with van der Waals surface area (Å²) in [7, 11) is 3.85. The van der Waals surface area contributed by atoms with Crippen molar-refractivity contribution in [2.45, 2.75) is 26.4 Å². The van der Waals surface area contributed by atoms with Crippen molar-refractivity contribution >= 4 is 11.7 Å². The summed E-state index contributed by atoms with van der Waals surface area (Å²) in [5, 5.41) is 2.84. The van der Waals surface area contributed by atoms with E-state index < -0.39 is 6.04 Å². The van der Waals surface area contributed by atoms with Crippen molar-refractivity contribution < 1.29 is 4.79 Å². The van der Waals surface area contributed by atoms with E-state index in [1.807, 2.05) is 45.0 Å². The lowest BCUT2D eigenvalue weighted by Gasteiger charge is -2.18. The molecule has 1 rings (SSSR count). The summed E-state index contributed by atoms with van der Waals surface area (Å²) >= 11 is 0. The Hall–Kier alpha value is -1.62. The van der Waals surface area contributed by atoms with Crippen molar-refractivity contribution in [2.75, 3.05) is 19.0 Å². The van der Waals surface area contributed by atoms with Crippen LogP contribution >= 0.6 is 0 Å². The molecule has 0 radical (unpaired) electrons. The van der Waals surface area contributed by atoms with Gasteiger partial charge >= 0.3 is 0 Å². The molecule has 1 amide bonds. The van der Waals surface area contributed by atoms with Crippen LogP contribution in [0, 0.1) is 5.92 Å². The van der Waals surface area contributed by atoms with Gasteiger partial charge in [-0.15, -0.1) is 0 Å². The van der Waals surface area contributed by atoms with Gasteiger partial charge in [-0.3, -0.25) is 4.79 Å². The molecule has 0 aliphatic heterocycles. The van der Waals surface area contributed by atoms with E-state index in [-0.39, 0.29) is 11.8 Å². The molecular weight excluding hydrogens is 228 g/mol. The molecule has 1 aromatic heterocycles. The molecule has 0 saturated carbocycles. The first-order valence-electron chi connectivity index (χ1n) is 6.08. The number of nitrogens with two attached hydrogens (primary N) is 1. The van der Waals surface area contributed by atoms with Crippen LogP contribution < -0.4 is 16.0 Å². The Bertz CT molecular complexity index is 404. The van der Waals surface area contributed by atoms with Gasteiger partial charge in [0.2, 0.25) is 5.91 Å². The summed E-state index contributed by atoms with van der Waals surface area (Å²) < 4.78 is 0. The highest BCUT2D eigenvalue weighted by molar-refractivity contribution is 5.81. The van der Waals surface area contributed by atoms with E-state index in [4.69, 9.17) is 5.73 Å². The van der Waals surface area contributed by atoms with Gasteiger partial charge in [-0.2, -0.15) is 0 Å². The second-order valence-corrected chi connectivity index (χ2v) is 4.87. The molecule has 0 saturated heterocycles. The monoisotopic (exact) mass is 250 g/mol. The molecule has 18 heavy (non-hydrogen) atoms. The highest BCUT2D eigenvalue weighted by atomic mass is 16.2. The van der Waals surface area contributed by atoms with Crippen molar-refractivity contribution in [1.29, 1.82) is 0 Å². The number of nitrogens with one attached hydrogen (secondary N) is 1. The molecule has 1 aromatic rings. The molecule has 0 spiro atoms. The summed E-state index contributed by atoms with van der Waals surface area (Å²) in [5.41, 5.74) is 6.76. The first kappa shape index (κ1) is 14.4. The molecule has 1 atom stereocenters. The lowest BCUT2D eigenvalue weighted by Crippen LogP contribution is -2.43. The minimum Gasteiger partial charge on any atom is -0.362 e. The van der Waals surface area contributed by atoms with Crippen LogP contribution in [0.1, 0.15) is 19.4 Å². The zero-order valence-electron chi connectivity index (χ0n) is 11.5. The average Bonchev–Trinajstić information content (AvgIpc) is 2.35. The van der Waals surface area contributed by atoms with Gasteiger partial charge in [0.25, 0.3) is 0 Å². The number of hydrogen-bond acceptors (Lipinski definition) is 4. The number of amides is 1. The molecule has 0 aliphatic carbocycles. The summed E-state index contributed by atoms with van der Waals surface area (Å²) in [4.78, 5) is 18.0. The molecule has 1 heterocycles. The number of nitrogens with zero attached hydrogens (tertiary/aromatic N) is 2. The predicted molar refractivity (Wildman–Crippen MR) is 73.2 cm³/mol. The number of rotatable bonds is 5. The second-order valence-electron chi connectivity index (χ2n) is 4.87. The van der Waals surface area contributed by atoms with E-state index in [9.17, 15) is 4.79 Å². The number of pyridine rings is 1. The fraction of sp³-hybridized carbons (Fsp3) is 0.538. The predicted octanol–water partition coefficient (Wildman–Crippen LogP) is 0.747. The Morgan fingerprint density at radius 2 is 2.17 bits per heavy atom. The zero-order valence-corrected chi connectivity index (χ0v) is 11.5. The summed E-state index contributed by atoms with van der Waals surface area (Å²) in [6.45, 7) is 4.31. The van der Waals surface area contributed by atoms with Crippen molar-refractivity contribution in [3.05, 3.63) is 23.9 Å². The third-order valence-corrected chi connectivity index (χ3v) is 2.77. The lowest BCUT2D eigenvalue weighted by molar-refractivity contribution is -0.123. The smallest absolute Gasteiger partial charge is 0.237 e. The van der Waals surface area contributed by atoms with Gasteiger partial charge in [0.1, 0.15) is 5.82 Å². The van der Waals surface area contributed by atoms with Gasteiger partial charge in [-0.05, 0) is 12.0 Å². The van der Waals surface area contributed by atoms with Gasteiger partial charge in [-0.25, -0.2) is 4.98 Å². The number of aromatic nitrogens is 1. The Kier molecular flexibility index (Phi) is 5.09. The molecule has 5 heteroatoms. The van der Waals surface area contributed by atoms with Crippen LogP contribution in [-0.4, -0.2) is 31.0 Å². The topological polar surface area (TPSA) is 71.2 Å². The number of carbonyl (C=O) groups excluding carboxylic acids is 1. The largest absolute Gasteiger partial charge is 0.362 e. The maximum absolute atomic E-state index is 11.8. The molecule has 0 aromatic carbocycles. The lowest BCUT2D eigenvalue weighted by atomic mass is 10.0. The number of hydrogen-bond donors (Lipinski definition) is 2. The number of anilines is 1. The van der Waals surface area contributed by atoms with E-state index in [0.717, 1.165) is 11.4 Å². The maximum Gasteiger partial charge on any atom is 0.237 e. The Morgan fingerprint density at radius 3 is 2.72 bits per heavy atom. The van der Waals surface area contributed by atoms with E-state index in [1.165, 1.54) is 0 Å². The third kappa shape index (κ3) is 3.70. The van der Waals surface area contributed by atoms with Crippen LogP contribution in [0.15, 0.2) is 18.3 Å². The van der Waals surface area contributed by atoms with Crippen LogP contribution in [0.3, 0.4) is 0 Å². The van der Waals surface area contributed by atoms with Crippen molar-refractivity contribution in [3.63, 3.8) is 0 Å². The molecule has 3 N–H and O–H groups in total. The molecule has 0 unspecified atom stereocenters. The SMILES string of the molecule is CC(C)[C@H](N)C(=O)NCc1cccnc1N(C)C. The molecule has 0 bridgehead atoms. The Morgan fingerprint density at radius 1 is 1.50 bits per heavy atom. The minimum absolute atomic E-state index is 0.126. The van der Waals surface area contributed by atoms with E-state index in [1.54, 1.807) is 6.20 Å². The molecule has 5 nitrogen and oxygen atoms in total. The van der Waals surface area contributed by atoms with Gasteiger partial charge in [-0.1, -0.05) is 19.9 Å². The van der Waals surface area contributed by atoms with Crippen molar-refractivity contribution in [1.82, 2.24) is 10.3 Å². The van der Waals surface area contributed by atoms with Crippen molar-refractivity contribution in [2.24, 2.45) is 11.7 Å². The summed E-state index contributed by atoms with van der Waals surface area (Å²) in [6.07, 6.45) is 1.74. The van der Waals surface area contributed by atoms with Gasteiger partial charge in [0.15, 0.2) is 0 Å². The second kappa shape index (κ2) is 6.35. The van der Waals surface area contributed by atoms with E-state index in [2.05, 4.69) is 10.3 Å². The third-order valence-electron chi connectivity index (χ3n) is 2.77. The zero-order chi connectivity index (χ0) is 13.7. The highest BCUT2D eigenvalue weighted by Gasteiger charge is 2.17. The number of carbonyl (C=O) groups is 1. The fourth-order valence-electron chi connectivity index (χ4n) is 1.57. The quantitative estimate of drug-likeness (QED) is 0.809. The Balaban J connectivity index is 2.67. The summed E-state index contributed by atoms with van der Waals surface area (Å²) in [5.74, 6) is 0.863. The first-order chi connectivity index (χ1) is 8.43. The maximum atomic E-state index is 11.8. The Labute approximate surface area is 108 Å². The average molecular weight is 250 g/mol.